The highest BCUT2D eigenvalue weighted by atomic mass is 16.3. The van der Waals surface area contributed by atoms with Gasteiger partial charge in [0.2, 0.25) is 5.91 Å². The lowest BCUT2D eigenvalue weighted by atomic mass is 10.1. The number of hydrogen-bond donors (Lipinski definition) is 3. The maximum atomic E-state index is 11.9. The first-order valence-corrected chi connectivity index (χ1v) is 8.13. The molecule has 0 aromatic carbocycles. The second kappa shape index (κ2) is 9.41. The number of carbonyl (C=O) groups is 1. The highest BCUT2D eigenvalue weighted by molar-refractivity contribution is 5.76. The van der Waals surface area contributed by atoms with Crippen LogP contribution < -0.4 is 10.7 Å². The molecule has 0 radical (unpaired) electrons. The van der Waals surface area contributed by atoms with Gasteiger partial charge in [-0.25, -0.2) is 0 Å². The molecule has 5 nitrogen and oxygen atoms in total. The fraction of sp³-hybridized carbons (Fsp3) is 0.647. The monoisotopic (exact) mass is 308 g/mol. The highest BCUT2D eigenvalue weighted by Gasteiger charge is 2.11. The van der Waals surface area contributed by atoms with E-state index in [0.29, 0.717) is 25.0 Å². The Morgan fingerprint density at radius 2 is 2.05 bits per heavy atom. The number of aryl methyl sites for hydroxylation is 1. The van der Waals surface area contributed by atoms with Gasteiger partial charge in [0.15, 0.2) is 5.43 Å². The van der Waals surface area contributed by atoms with E-state index < -0.39 is 6.10 Å². The van der Waals surface area contributed by atoms with E-state index in [1.807, 2.05) is 6.92 Å². The van der Waals surface area contributed by atoms with E-state index in [1.54, 1.807) is 13.0 Å². The van der Waals surface area contributed by atoms with Crippen LogP contribution in [0.4, 0.5) is 0 Å². The third-order valence-electron chi connectivity index (χ3n) is 3.60. The van der Waals surface area contributed by atoms with Gasteiger partial charge in [0.05, 0.1) is 12.1 Å². The molecule has 0 aliphatic carbocycles. The number of unbranched alkanes of at least 4 members (excludes halogenated alkanes) is 2. The van der Waals surface area contributed by atoms with E-state index >= 15 is 0 Å². The summed E-state index contributed by atoms with van der Waals surface area (Å²) in [6, 6.07) is 2.83. The molecule has 0 aliphatic heterocycles. The number of rotatable bonds is 9. The van der Waals surface area contributed by atoms with Gasteiger partial charge in [-0.05, 0) is 33.1 Å². The molecule has 0 spiro atoms. The predicted octanol–water partition coefficient (Wildman–Crippen LogP) is 2.45. The Bertz CT molecular complexity index is 523. The molecule has 2 unspecified atom stereocenters. The second-order valence-corrected chi connectivity index (χ2v) is 5.93. The highest BCUT2D eigenvalue weighted by Crippen LogP contribution is 2.10. The molecule has 1 aromatic rings. The lowest BCUT2D eigenvalue weighted by Gasteiger charge is -2.15. The Morgan fingerprint density at radius 3 is 2.68 bits per heavy atom. The number of aliphatic hydroxyl groups is 1. The Kier molecular flexibility index (Phi) is 7.88. The number of aliphatic hydroxyl groups excluding tert-OH is 1. The summed E-state index contributed by atoms with van der Waals surface area (Å²) in [4.78, 5) is 26.8. The van der Waals surface area contributed by atoms with Crippen LogP contribution in [0.15, 0.2) is 16.9 Å². The Balaban J connectivity index is 2.66. The predicted molar refractivity (Wildman–Crippen MR) is 87.8 cm³/mol. The van der Waals surface area contributed by atoms with E-state index in [1.165, 1.54) is 6.07 Å². The van der Waals surface area contributed by atoms with Crippen molar-refractivity contribution in [3.8, 4) is 0 Å². The number of amides is 1. The Labute approximate surface area is 132 Å². The van der Waals surface area contributed by atoms with Gasteiger partial charge in [0.1, 0.15) is 0 Å². The summed E-state index contributed by atoms with van der Waals surface area (Å²) in [6.45, 7) is 5.69. The summed E-state index contributed by atoms with van der Waals surface area (Å²) < 4.78 is 0. The molecular formula is C17H28N2O3. The molecule has 1 heterocycles. The number of aromatic nitrogens is 1. The summed E-state index contributed by atoms with van der Waals surface area (Å²) in [5.74, 6) is 0.0104. The molecule has 22 heavy (non-hydrogen) atoms. The van der Waals surface area contributed by atoms with Crippen LogP contribution in [0.5, 0.6) is 0 Å². The van der Waals surface area contributed by atoms with Gasteiger partial charge >= 0.3 is 0 Å². The van der Waals surface area contributed by atoms with Gasteiger partial charge in [-0.1, -0.05) is 19.8 Å². The van der Waals surface area contributed by atoms with Crippen molar-refractivity contribution in [2.45, 2.75) is 71.4 Å². The van der Waals surface area contributed by atoms with Crippen molar-refractivity contribution in [2.75, 3.05) is 0 Å². The lowest BCUT2D eigenvalue weighted by molar-refractivity contribution is -0.121. The number of pyridine rings is 1. The number of hydrogen-bond acceptors (Lipinski definition) is 3. The maximum Gasteiger partial charge on any atom is 0.220 e. The normalized spacial score (nSPS) is 13.6. The molecule has 0 saturated heterocycles. The fourth-order valence-electron chi connectivity index (χ4n) is 2.28. The first-order valence-electron chi connectivity index (χ1n) is 8.13. The molecule has 3 N–H and O–H groups in total. The van der Waals surface area contributed by atoms with Crippen LogP contribution in [0.2, 0.25) is 0 Å². The molecule has 0 saturated carbocycles. The largest absolute Gasteiger partial charge is 0.393 e. The third kappa shape index (κ3) is 6.89. The van der Waals surface area contributed by atoms with Crippen LogP contribution in [0.1, 0.15) is 70.3 Å². The molecule has 2 atom stereocenters. The van der Waals surface area contributed by atoms with E-state index in [-0.39, 0.29) is 17.4 Å². The summed E-state index contributed by atoms with van der Waals surface area (Å²) >= 11 is 0. The Morgan fingerprint density at radius 1 is 1.32 bits per heavy atom. The van der Waals surface area contributed by atoms with Crippen molar-refractivity contribution in [2.24, 2.45) is 0 Å². The maximum absolute atomic E-state index is 11.9. The topological polar surface area (TPSA) is 82.2 Å². The summed E-state index contributed by atoms with van der Waals surface area (Å²) in [6.07, 6.45) is 4.34. The fourth-order valence-corrected chi connectivity index (χ4v) is 2.28. The second-order valence-electron chi connectivity index (χ2n) is 5.93. The van der Waals surface area contributed by atoms with E-state index in [9.17, 15) is 14.7 Å². The molecule has 1 amide bonds. The molecule has 1 aromatic heterocycles. The molecule has 5 heteroatoms. The average Bonchev–Trinajstić information content (AvgIpc) is 2.44. The van der Waals surface area contributed by atoms with Gasteiger partial charge in [-0.3, -0.25) is 9.59 Å². The summed E-state index contributed by atoms with van der Waals surface area (Å²) in [5.41, 5.74) is 1.41. The van der Waals surface area contributed by atoms with Crippen LogP contribution in [0.3, 0.4) is 0 Å². The molecule has 124 valence electrons. The minimum atomic E-state index is -0.400. The smallest absolute Gasteiger partial charge is 0.220 e. The quantitative estimate of drug-likeness (QED) is 0.613. The first-order chi connectivity index (χ1) is 10.4. The van der Waals surface area contributed by atoms with Crippen molar-refractivity contribution in [3.05, 3.63) is 33.7 Å². The number of H-pyrrole nitrogens is 1. The number of carbonyl (C=O) groups excluding carboxylic acids is 1. The summed E-state index contributed by atoms with van der Waals surface area (Å²) in [5, 5.41) is 12.3. The van der Waals surface area contributed by atoms with Gasteiger partial charge in [-0.15, -0.1) is 0 Å². The van der Waals surface area contributed by atoms with Crippen molar-refractivity contribution >= 4 is 5.91 Å². The molecule has 0 bridgehead atoms. The van der Waals surface area contributed by atoms with Crippen LogP contribution in [-0.4, -0.2) is 22.1 Å². The molecule has 0 aliphatic rings. The minimum Gasteiger partial charge on any atom is -0.393 e. The number of aromatic amines is 1. The third-order valence-corrected chi connectivity index (χ3v) is 3.60. The van der Waals surface area contributed by atoms with Gasteiger partial charge < -0.3 is 15.4 Å². The zero-order valence-electron chi connectivity index (χ0n) is 13.8. The van der Waals surface area contributed by atoms with Crippen molar-refractivity contribution < 1.29 is 9.90 Å². The standard InChI is InChI=1S/C17H28N2O3/c1-4-5-6-7-17(22)18-13(3)16-11-15(21)10-14(19-16)9-8-12(2)20/h10-13,20H,4-9H2,1-3H3,(H,18,22)(H,19,21). The first kappa shape index (κ1) is 18.4. The summed E-state index contributed by atoms with van der Waals surface area (Å²) in [7, 11) is 0. The lowest BCUT2D eigenvalue weighted by Crippen LogP contribution is -2.28. The van der Waals surface area contributed by atoms with Crippen LogP contribution in [-0.2, 0) is 11.2 Å². The van der Waals surface area contributed by atoms with Crippen LogP contribution in [0.25, 0.3) is 0 Å². The van der Waals surface area contributed by atoms with E-state index in [0.717, 1.165) is 25.0 Å². The van der Waals surface area contributed by atoms with Gasteiger partial charge in [0, 0.05) is 29.9 Å². The molecule has 1 rings (SSSR count). The van der Waals surface area contributed by atoms with Crippen molar-refractivity contribution in [3.63, 3.8) is 0 Å². The van der Waals surface area contributed by atoms with Gasteiger partial charge in [-0.2, -0.15) is 0 Å². The van der Waals surface area contributed by atoms with E-state index in [2.05, 4.69) is 17.2 Å². The average molecular weight is 308 g/mol. The number of nitrogens with one attached hydrogen (secondary N) is 2. The SMILES string of the molecule is CCCCCC(=O)NC(C)c1cc(=O)cc(CCC(C)O)[nH]1. The van der Waals surface area contributed by atoms with Crippen LogP contribution >= 0.6 is 0 Å². The Hall–Kier alpha value is -1.62. The minimum absolute atomic E-state index is 0.0104. The zero-order valence-corrected chi connectivity index (χ0v) is 13.8. The van der Waals surface area contributed by atoms with Crippen LogP contribution in [0, 0.1) is 0 Å². The molecule has 0 fully saturated rings. The zero-order chi connectivity index (χ0) is 16.5. The van der Waals surface area contributed by atoms with Crippen molar-refractivity contribution in [1.29, 1.82) is 0 Å². The van der Waals surface area contributed by atoms with Gasteiger partial charge in [0.25, 0.3) is 0 Å². The van der Waals surface area contributed by atoms with Crippen molar-refractivity contribution in [1.82, 2.24) is 10.3 Å². The molecular weight excluding hydrogens is 280 g/mol. The van der Waals surface area contributed by atoms with E-state index in [4.69, 9.17) is 0 Å².